The fourth-order valence-electron chi connectivity index (χ4n) is 3.51. The first-order valence-electron chi connectivity index (χ1n) is 9.40. The van der Waals surface area contributed by atoms with Gasteiger partial charge in [-0.3, -0.25) is 4.79 Å². The van der Waals surface area contributed by atoms with Crippen molar-refractivity contribution < 1.29 is 19.3 Å². The number of carbonyl (C=O) groups excluding carboxylic acids is 1. The molecule has 11 heteroatoms. The molecule has 158 valence electrons. The van der Waals surface area contributed by atoms with Gasteiger partial charge in [-0.25, -0.2) is 4.79 Å². The van der Waals surface area contributed by atoms with Crippen molar-refractivity contribution in [3.05, 3.63) is 22.6 Å². The molecule has 0 unspecified atom stereocenters. The van der Waals surface area contributed by atoms with Crippen LogP contribution in [0.2, 0.25) is 0 Å². The summed E-state index contributed by atoms with van der Waals surface area (Å²) in [6.45, 7) is 1.56. The molecule has 0 aliphatic carbocycles. The Balaban J connectivity index is 1.87. The maximum atomic E-state index is 12.8. The minimum absolute atomic E-state index is 0.165. The molecular weight excluding hydrogens is 397 g/mol. The maximum absolute atomic E-state index is 12.8. The van der Waals surface area contributed by atoms with E-state index in [0.29, 0.717) is 23.3 Å². The fourth-order valence-corrected chi connectivity index (χ4v) is 4.10. The van der Waals surface area contributed by atoms with Crippen LogP contribution in [0.5, 0.6) is 5.88 Å². The van der Waals surface area contributed by atoms with E-state index in [0.717, 1.165) is 37.0 Å². The van der Waals surface area contributed by atoms with Crippen LogP contribution in [-0.2, 0) is 0 Å². The molecule has 2 N–H and O–H groups in total. The Labute approximate surface area is 169 Å². The Kier molecular flexibility index (Phi) is 6.66. The average Bonchev–Trinajstić information content (AvgIpc) is 2.71. The van der Waals surface area contributed by atoms with Gasteiger partial charge in [0.05, 0.1) is 13.3 Å². The number of carbonyl (C=O) groups is 1. The fraction of sp³-hybridized carbons (Fsp3) is 0.556. The molecule has 1 aliphatic rings. The third-order valence-electron chi connectivity index (χ3n) is 5.15. The predicted molar refractivity (Wildman–Crippen MR) is 111 cm³/mol. The van der Waals surface area contributed by atoms with Crippen molar-refractivity contribution in [2.75, 3.05) is 45.4 Å². The number of hydrogen-bond acceptors (Lipinski definition) is 8. The van der Waals surface area contributed by atoms with E-state index < -0.39 is 20.0 Å². The molecule has 1 saturated heterocycles. The molecule has 0 aromatic carbocycles. The molecule has 2 aromatic heterocycles. The standard InChI is InChI=1S/C18H26N5O5P/c1-21(2)18(25)23-17(24)15-13(11-19-23)10-14(20-16(15)28-3)22-7-4-12(5-8-22)6-9-29(26)27/h10-12,26-27H,4-9H2,1-3H3. The predicted octanol–water partition coefficient (Wildman–Crippen LogP) is 1.23. The van der Waals surface area contributed by atoms with Gasteiger partial charge in [-0.1, -0.05) is 0 Å². The minimum Gasteiger partial charge on any atom is -0.480 e. The number of rotatable bonds is 5. The molecular formula is C18H26N5O5P. The van der Waals surface area contributed by atoms with Crippen molar-refractivity contribution >= 4 is 31.0 Å². The van der Waals surface area contributed by atoms with Crippen LogP contribution in [0, 0.1) is 5.92 Å². The Bertz CT molecular complexity index is 940. The summed E-state index contributed by atoms with van der Waals surface area (Å²) in [6, 6.07) is 1.25. The van der Waals surface area contributed by atoms with Crippen molar-refractivity contribution in [2.24, 2.45) is 5.92 Å². The summed E-state index contributed by atoms with van der Waals surface area (Å²) < 4.78 is 6.16. The lowest BCUT2D eigenvalue weighted by Crippen LogP contribution is -2.37. The highest BCUT2D eigenvalue weighted by Gasteiger charge is 2.23. The van der Waals surface area contributed by atoms with Crippen LogP contribution < -0.4 is 15.2 Å². The molecule has 2 aromatic rings. The Morgan fingerprint density at radius 1 is 1.34 bits per heavy atom. The topological polar surface area (TPSA) is 121 Å². The van der Waals surface area contributed by atoms with E-state index in [4.69, 9.17) is 14.5 Å². The number of anilines is 1. The van der Waals surface area contributed by atoms with Gasteiger partial charge >= 0.3 is 6.03 Å². The van der Waals surface area contributed by atoms with E-state index in [1.807, 2.05) is 0 Å². The Morgan fingerprint density at radius 3 is 2.62 bits per heavy atom. The summed E-state index contributed by atoms with van der Waals surface area (Å²) in [6.07, 6.45) is 4.60. The zero-order chi connectivity index (χ0) is 21.1. The van der Waals surface area contributed by atoms with Crippen LogP contribution in [0.4, 0.5) is 10.6 Å². The molecule has 29 heavy (non-hydrogen) atoms. The molecule has 1 fully saturated rings. The van der Waals surface area contributed by atoms with Crippen LogP contribution in [0.25, 0.3) is 10.8 Å². The highest BCUT2D eigenvalue weighted by Crippen LogP contribution is 2.32. The van der Waals surface area contributed by atoms with Gasteiger partial charge in [0.15, 0.2) is 8.38 Å². The van der Waals surface area contributed by atoms with E-state index in [2.05, 4.69) is 15.0 Å². The van der Waals surface area contributed by atoms with Crippen LogP contribution in [0.3, 0.4) is 0 Å². The molecule has 3 rings (SSSR count). The van der Waals surface area contributed by atoms with E-state index in [-0.39, 0.29) is 11.3 Å². The van der Waals surface area contributed by atoms with Gasteiger partial charge in [0.25, 0.3) is 5.56 Å². The highest BCUT2D eigenvalue weighted by molar-refractivity contribution is 7.45. The van der Waals surface area contributed by atoms with Gasteiger partial charge in [-0.15, -0.1) is 4.68 Å². The minimum atomic E-state index is -1.83. The second-order valence-corrected chi connectivity index (χ2v) is 8.50. The molecule has 3 heterocycles. The number of fused-ring (bicyclic) bond motifs is 1. The largest absolute Gasteiger partial charge is 0.480 e. The molecule has 0 atom stereocenters. The number of aromatic nitrogens is 3. The molecule has 10 nitrogen and oxygen atoms in total. The van der Waals surface area contributed by atoms with E-state index in [9.17, 15) is 9.59 Å². The normalized spacial score (nSPS) is 15.2. The first-order valence-corrected chi connectivity index (χ1v) is 10.8. The first-order chi connectivity index (χ1) is 13.8. The first kappa shape index (κ1) is 21.4. The van der Waals surface area contributed by atoms with Crippen molar-refractivity contribution in [1.82, 2.24) is 19.7 Å². The molecule has 0 radical (unpaired) electrons. The summed E-state index contributed by atoms with van der Waals surface area (Å²) in [4.78, 5) is 51.1. The number of piperidine rings is 1. The number of methoxy groups -OCH3 is 1. The molecule has 0 saturated carbocycles. The highest BCUT2D eigenvalue weighted by atomic mass is 31.2. The monoisotopic (exact) mass is 423 g/mol. The van der Waals surface area contributed by atoms with Gasteiger partial charge < -0.3 is 24.3 Å². The summed E-state index contributed by atoms with van der Waals surface area (Å²) in [5.41, 5.74) is -0.569. The van der Waals surface area contributed by atoms with E-state index in [1.54, 1.807) is 20.2 Å². The maximum Gasteiger partial charge on any atom is 0.347 e. The van der Waals surface area contributed by atoms with Crippen LogP contribution in [-0.4, -0.2) is 75.9 Å². The molecule has 0 bridgehead atoms. The number of amides is 1. The molecule has 1 amide bonds. The zero-order valence-corrected chi connectivity index (χ0v) is 17.7. The van der Waals surface area contributed by atoms with Crippen LogP contribution in [0.1, 0.15) is 19.3 Å². The van der Waals surface area contributed by atoms with Gasteiger partial charge in [0.2, 0.25) is 5.88 Å². The molecule has 1 aliphatic heterocycles. The zero-order valence-electron chi connectivity index (χ0n) is 16.8. The second-order valence-electron chi connectivity index (χ2n) is 7.31. The van der Waals surface area contributed by atoms with E-state index >= 15 is 0 Å². The lowest BCUT2D eigenvalue weighted by atomic mass is 9.94. The van der Waals surface area contributed by atoms with Crippen LogP contribution in [0.15, 0.2) is 17.1 Å². The van der Waals surface area contributed by atoms with Gasteiger partial charge in [-0.05, 0) is 31.2 Å². The quantitative estimate of drug-likeness (QED) is 0.689. The van der Waals surface area contributed by atoms with Crippen molar-refractivity contribution in [3.63, 3.8) is 0 Å². The number of nitrogens with zero attached hydrogens (tertiary/aromatic N) is 5. The lowest BCUT2D eigenvalue weighted by molar-refractivity contribution is 0.214. The van der Waals surface area contributed by atoms with Crippen molar-refractivity contribution in [3.8, 4) is 5.88 Å². The van der Waals surface area contributed by atoms with Gasteiger partial charge in [0, 0.05) is 38.7 Å². The SMILES string of the molecule is COc1nc(N2CCC(CCP(O)O)CC2)cc2cnn(C(=O)N(C)C)c(=O)c12. The summed E-state index contributed by atoms with van der Waals surface area (Å²) >= 11 is 0. The number of hydrogen-bond donors (Lipinski definition) is 2. The van der Waals surface area contributed by atoms with Crippen LogP contribution >= 0.6 is 8.38 Å². The average molecular weight is 423 g/mol. The number of pyridine rings is 1. The molecule has 0 spiro atoms. The van der Waals surface area contributed by atoms with E-state index in [1.165, 1.54) is 18.2 Å². The Hall–Kier alpha value is -2.29. The third kappa shape index (κ3) is 4.66. The summed E-state index contributed by atoms with van der Waals surface area (Å²) in [5, 5.41) is 4.79. The third-order valence-corrected chi connectivity index (χ3v) is 5.81. The number of ether oxygens (including phenoxy) is 1. The smallest absolute Gasteiger partial charge is 0.347 e. The lowest BCUT2D eigenvalue weighted by Gasteiger charge is -2.33. The summed E-state index contributed by atoms with van der Waals surface area (Å²) in [5.74, 6) is 1.32. The van der Waals surface area contributed by atoms with Gasteiger partial charge in [0.1, 0.15) is 11.2 Å². The van der Waals surface area contributed by atoms with Gasteiger partial charge in [-0.2, -0.15) is 10.1 Å². The summed E-state index contributed by atoms with van der Waals surface area (Å²) in [7, 11) is 2.71. The van der Waals surface area contributed by atoms with Crippen molar-refractivity contribution in [1.29, 1.82) is 0 Å². The Morgan fingerprint density at radius 2 is 2.03 bits per heavy atom. The second kappa shape index (κ2) is 9.02. The van der Waals surface area contributed by atoms with Crippen molar-refractivity contribution in [2.45, 2.75) is 19.3 Å².